The van der Waals surface area contributed by atoms with Gasteiger partial charge in [0.25, 0.3) is 5.56 Å². The van der Waals surface area contributed by atoms with Gasteiger partial charge in [-0.15, -0.1) is 0 Å². The van der Waals surface area contributed by atoms with E-state index in [-0.39, 0.29) is 11.6 Å². The molecule has 0 saturated carbocycles. The van der Waals surface area contributed by atoms with Crippen molar-refractivity contribution in [3.8, 4) is 0 Å². The Morgan fingerprint density at radius 3 is 2.81 bits per heavy atom. The maximum Gasteiger partial charge on any atom is 0.258 e. The SMILES string of the molecule is Cc1cc2c(=O)n(CC3c4ncn3c4C)ccc2cc1N. The molecule has 2 aromatic heterocycles. The highest BCUT2D eigenvalue weighted by Gasteiger charge is 2.31. The molecular weight excluding hydrogens is 264 g/mol. The van der Waals surface area contributed by atoms with Crippen molar-refractivity contribution in [1.29, 1.82) is 0 Å². The normalized spacial score (nSPS) is 16.2. The van der Waals surface area contributed by atoms with Crippen LogP contribution in [-0.4, -0.2) is 14.1 Å². The minimum absolute atomic E-state index is 0.0290. The molecule has 0 spiro atoms. The Hall–Kier alpha value is -2.56. The van der Waals surface area contributed by atoms with E-state index in [1.54, 1.807) is 4.57 Å². The summed E-state index contributed by atoms with van der Waals surface area (Å²) < 4.78 is 3.87. The molecule has 2 aliphatic heterocycles. The summed E-state index contributed by atoms with van der Waals surface area (Å²) in [5.41, 5.74) is 9.88. The maximum absolute atomic E-state index is 12.6. The smallest absolute Gasteiger partial charge is 0.258 e. The lowest BCUT2D eigenvalue weighted by Gasteiger charge is -2.26. The number of aromatic nitrogens is 3. The Balaban J connectivity index is 1.77. The molecule has 0 fully saturated rings. The summed E-state index contributed by atoms with van der Waals surface area (Å²) in [6, 6.07) is 5.89. The zero-order valence-electron chi connectivity index (χ0n) is 12.0. The summed E-state index contributed by atoms with van der Waals surface area (Å²) in [7, 11) is 0. The van der Waals surface area contributed by atoms with Crippen molar-refractivity contribution < 1.29 is 0 Å². The molecule has 1 atom stereocenters. The fraction of sp³-hybridized carbons (Fsp3) is 0.250. The van der Waals surface area contributed by atoms with Crippen LogP contribution in [0.4, 0.5) is 5.69 Å². The van der Waals surface area contributed by atoms with Gasteiger partial charge in [-0.3, -0.25) is 4.79 Å². The first-order valence-corrected chi connectivity index (χ1v) is 6.99. The van der Waals surface area contributed by atoms with Crippen molar-refractivity contribution in [2.24, 2.45) is 0 Å². The second-order valence-electron chi connectivity index (χ2n) is 5.71. The fourth-order valence-electron chi connectivity index (χ4n) is 3.11. The van der Waals surface area contributed by atoms with Crippen LogP contribution in [0, 0.1) is 13.8 Å². The molecule has 3 aromatic rings. The van der Waals surface area contributed by atoms with E-state index < -0.39 is 0 Å². The highest BCUT2D eigenvalue weighted by molar-refractivity contribution is 5.85. The first-order valence-electron chi connectivity index (χ1n) is 6.99. The van der Waals surface area contributed by atoms with Crippen LogP contribution >= 0.6 is 0 Å². The summed E-state index contributed by atoms with van der Waals surface area (Å²) in [6.07, 6.45) is 3.68. The molecule has 106 valence electrons. The average Bonchev–Trinajstić information content (AvgIpc) is 3.05. The molecule has 5 rings (SSSR count). The van der Waals surface area contributed by atoms with Crippen LogP contribution in [0.15, 0.2) is 35.5 Å². The molecule has 5 nitrogen and oxygen atoms in total. The number of rotatable bonds is 2. The Morgan fingerprint density at radius 2 is 2.14 bits per heavy atom. The topological polar surface area (TPSA) is 65.8 Å². The third kappa shape index (κ3) is 1.57. The molecular formula is C16H16N4O. The Bertz CT molecular complexity index is 914. The predicted octanol–water partition coefficient (Wildman–Crippen LogP) is 2.00. The number of benzene rings is 1. The quantitative estimate of drug-likeness (QED) is 0.730. The maximum atomic E-state index is 12.6. The second-order valence-corrected chi connectivity index (χ2v) is 5.71. The number of imidazole rings is 1. The van der Waals surface area contributed by atoms with Gasteiger partial charge < -0.3 is 14.9 Å². The minimum Gasteiger partial charge on any atom is -0.398 e. The van der Waals surface area contributed by atoms with Crippen LogP contribution in [0.25, 0.3) is 10.8 Å². The van der Waals surface area contributed by atoms with Crippen molar-refractivity contribution in [3.05, 3.63) is 58.0 Å². The number of anilines is 1. The average molecular weight is 280 g/mol. The third-order valence-corrected chi connectivity index (χ3v) is 4.46. The van der Waals surface area contributed by atoms with Gasteiger partial charge in [0.2, 0.25) is 0 Å². The molecule has 2 aliphatic rings. The summed E-state index contributed by atoms with van der Waals surface area (Å²) in [5, 5.41) is 1.61. The molecule has 2 bridgehead atoms. The van der Waals surface area contributed by atoms with E-state index in [4.69, 9.17) is 5.73 Å². The Labute approximate surface area is 121 Å². The number of aryl methyl sites for hydroxylation is 2. The molecule has 0 aliphatic carbocycles. The molecule has 1 aromatic carbocycles. The van der Waals surface area contributed by atoms with E-state index in [1.165, 1.54) is 5.69 Å². The van der Waals surface area contributed by atoms with Gasteiger partial charge in [-0.05, 0) is 43.0 Å². The molecule has 0 radical (unpaired) electrons. The van der Waals surface area contributed by atoms with E-state index in [2.05, 4.69) is 9.55 Å². The van der Waals surface area contributed by atoms with Crippen LogP contribution < -0.4 is 11.3 Å². The second kappa shape index (κ2) is 3.97. The van der Waals surface area contributed by atoms with Gasteiger partial charge in [0, 0.05) is 23.0 Å². The van der Waals surface area contributed by atoms with Crippen molar-refractivity contribution in [2.75, 3.05) is 5.73 Å². The van der Waals surface area contributed by atoms with Crippen molar-refractivity contribution in [2.45, 2.75) is 26.4 Å². The predicted molar refractivity (Wildman–Crippen MR) is 82.5 cm³/mol. The Kier molecular flexibility index (Phi) is 2.31. The zero-order chi connectivity index (χ0) is 14.7. The van der Waals surface area contributed by atoms with Crippen LogP contribution in [0.3, 0.4) is 0 Å². The first-order chi connectivity index (χ1) is 10.1. The molecule has 1 unspecified atom stereocenters. The molecule has 0 saturated heterocycles. The van der Waals surface area contributed by atoms with Gasteiger partial charge in [-0.2, -0.15) is 0 Å². The van der Waals surface area contributed by atoms with Crippen molar-refractivity contribution >= 4 is 16.5 Å². The monoisotopic (exact) mass is 280 g/mol. The lowest BCUT2D eigenvalue weighted by Crippen LogP contribution is -2.30. The van der Waals surface area contributed by atoms with E-state index in [0.29, 0.717) is 6.54 Å². The summed E-state index contributed by atoms with van der Waals surface area (Å²) in [5.74, 6) is 0. The highest BCUT2D eigenvalue weighted by atomic mass is 16.1. The summed E-state index contributed by atoms with van der Waals surface area (Å²) in [6.45, 7) is 4.60. The lowest BCUT2D eigenvalue weighted by atomic mass is 10.0. The van der Waals surface area contributed by atoms with E-state index in [9.17, 15) is 4.79 Å². The summed E-state index contributed by atoms with van der Waals surface area (Å²) >= 11 is 0. The Morgan fingerprint density at radius 1 is 1.33 bits per heavy atom. The molecule has 4 heterocycles. The fourth-order valence-corrected chi connectivity index (χ4v) is 3.11. The van der Waals surface area contributed by atoms with Crippen LogP contribution in [0.1, 0.15) is 23.0 Å². The van der Waals surface area contributed by atoms with E-state index in [1.807, 2.05) is 44.6 Å². The van der Waals surface area contributed by atoms with Crippen LogP contribution in [0.2, 0.25) is 0 Å². The molecule has 5 heteroatoms. The number of nitrogens with two attached hydrogens (primary N) is 1. The zero-order valence-corrected chi connectivity index (χ0v) is 12.0. The van der Waals surface area contributed by atoms with Gasteiger partial charge >= 0.3 is 0 Å². The van der Waals surface area contributed by atoms with Crippen LogP contribution in [-0.2, 0) is 6.54 Å². The molecule has 2 N–H and O–H groups in total. The largest absolute Gasteiger partial charge is 0.398 e. The van der Waals surface area contributed by atoms with Crippen molar-refractivity contribution in [1.82, 2.24) is 14.1 Å². The van der Waals surface area contributed by atoms with Crippen LogP contribution in [0.5, 0.6) is 0 Å². The van der Waals surface area contributed by atoms with E-state index >= 15 is 0 Å². The number of nitrogen functional groups attached to an aromatic ring is 1. The van der Waals surface area contributed by atoms with Gasteiger partial charge in [-0.25, -0.2) is 4.98 Å². The highest BCUT2D eigenvalue weighted by Crippen LogP contribution is 2.33. The first kappa shape index (κ1) is 12.2. The standard InChI is InChI=1S/C16H16N4O/c1-9-5-12-11(6-13(9)17)3-4-19(16(12)21)7-14-15-10(2)20(14)8-18-15/h3-6,8,14H,7,17H2,1-2H3. The number of nitrogens with zero attached hydrogens (tertiary/aromatic N) is 3. The van der Waals surface area contributed by atoms with E-state index in [0.717, 1.165) is 27.7 Å². The number of hydrogen-bond donors (Lipinski definition) is 1. The number of fused-ring (bicyclic) bond motifs is 2. The minimum atomic E-state index is 0.0290. The van der Waals surface area contributed by atoms with Gasteiger partial charge in [0.05, 0.1) is 24.6 Å². The number of hydrogen-bond acceptors (Lipinski definition) is 3. The number of pyridine rings is 1. The summed E-state index contributed by atoms with van der Waals surface area (Å²) in [4.78, 5) is 17.0. The third-order valence-electron chi connectivity index (χ3n) is 4.46. The molecule has 21 heavy (non-hydrogen) atoms. The van der Waals surface area contributed by atoms with Gasteiger partial charge in [0.1, 0.15) is 0 Å². The lowest BCUT2D eigenvalue weighted by molar-refractivity contribution is 0.441. The van der Waals surface area contributed by atoms with Gasteiger partial charge in [-0.1, -0.05) is 0 Å². The molecule has 0 amide bonds. The van der Waals surface area contributed by atoms with Crippen molar-refractivity contribution in [3.63, 3.8) is 0 Å². The van der Waals surface area contributed by atoms with Gasteiger partial charge in [0.15, 0.2) is 0 Å².